The Bertz CT molecular complexity index is 1460. The molecule has 11 heteroatoms. The van der Waals surface area contributed by atoms with Gasteiger partial charge in [0.1, 0.15) is 23.8 Å². The second-order valence-corrected chi connectivity index (χ2v) is 11.2. The van der Waals surface area contributed by atoms with Crippen LogP contribution in [0.25, 0.3) is 10.8 Å². The summed E-state index contributed by atoms with van der Waals surface area (Å²) < 4.78 is 16.7. The van der Waals surface area contributed by atoms with Crippen LogP contribution in [0.4, 0.5) is 11.6 Å². The van der Waals surface area contributed by atoms with Crippen molar-refractivity contribution in [1.82, 2.24) is 19.9 Å². The summed E-state index contributed by atoms with van der Waals surface area (Å²) in [6, 6.07) is 5.37. The minimum atomic E-state index is -0.664. The first-order valence-electron chi connectivity index (χ1n) is 13.2. The Kier molecular flexibility index (Phi) is 6.15. The van der Waals surface area contributed by atoms with E-state index in [4.69, 9.17) is 24.9 Å². The number of carbonyl (C=O) groups excluding carboxylic acids is 2. The maximum atomic E-state index is 12.4. The van der Waals surface area contributed by atoms with Gasteiger partial charge in [0.2, 0.25) is 11.8 Å². The Hall–Kier alpha value is -3.83. The van der Waals surface area contributed by atoms with Crippen molar-refractivity contribution in [2.75, 3.05) is 31.6 Å². The summed E-state index contributed by atoms with van der Waals surface area (Å²) in [5.74, 6) is 1.30. The fourth-order valence-electron chi connectivity index (χ4n) is 5.03. The van der Waals surface area contributed by atoms with Crippen LogP contribution in [-0.4, -0.2) is 70.2 Å². The third kappa shape index (κ3) is 4.65. The van der Waals surface area contributed by atoms with E-state index in [9.17, 15) is 9.59 Å². The van der Waals surface area contributed by atoms with E-state index in [1.54, 1.807) is 29.4 Å². The smallest absolute Gasteiger partial charge is 0.340 e. The number of nitrogens with two attached hydrogens (primary N) is 1. The first-order valence-corrected chi connectivity index (χ1v) is 13.2. The highest BCUT2D eigenvalue weighted by atomic mass is 16.5. The van der Waals surface area contributed by atoms with Crippen molar-refractivity contribution in [2.45, 2.75) is 51.4 Å². The standard InChI is InChI=1S/C28H32N6O5/c1-14-15(2)38-27(36)18-5-6-22(33-24(14)18)32-23-7-19-20(8-30-23)25(31-9-21(19)28(3,4)29)39-17-10-34(11-17)26(35)16-12-37-13-16/h5-9,14-17H,10-13,29H2,1-4H3,(H,30,32,33)/t14-,15-/m0/s1. The number of aromatic nitrogens is 3. The molecule has 3 aromatic heterocycles. The molecule has 0 bridgehead atoms. The van der Waals surface area contributed by atoms with E-state index in [2.05, 4.69) is 15.3 Å². The van der Waals surface area contributed by atoms with Gasteiger partial charge >= 0.3 is 5.97 Å². The molecule has 3 aromatic rings. The van der Waals surface area contributed by atoms with Crippen LogP contribution in [0.15, 0.2) is 30.6 Å². The number of amides is 1. The largest absolute Gasteiger partial charge is 0.470 e. The van der Waals surface area contributed by atoms with Gasteiger partial charge in [-0.3, -0.25) is 4.79 Å². The highest BCUT2D eigenvalue weighted by molar-refractivity contribution is 5.93. The van der Waals surface area contributed by atoms with Gasteiger partial charge in [0.05, 0.1) is 48.9 Å². The molecule has 11 nitrogen and oxygen atoms in total. The number of fused-ring (bicyclic) bond motifs is 2. The predicted octanol–water partition coefficient (Wildman–Crippen LogP) is 2.86. The molecule has 0 saturated carbocycles. The quantitative estimate of drug-likeness (QED) is 0.455. The Morgan fingerprint density at radius 2 is 1.90 bits per heavy atom. The van der Waals surface area contributed by atoms with Gasteiger partial charge in [-0.25, -0.2) is 19.7 Å². The first-order chi connectivity index (χ1) is 18.6. The van der Waals surface area contributed by atoms with Gasteiger partial charge in [-0.1, -0.05) is 6.92 Å². The van der Waals surface area contributed by atoms with Gasteiger partial charge in [-0.2, -0.15) is 0 Å². The number of pyridine rings is 3. The van der Waals surface area contributed by atoms with Gasteiger partial charge in [-0.15, -0.1) is 0 Å². The minimum absolute atomic E-state index is 0.0285. The average Bonchev–Trinajstić information content (AvgIpc) is 2.82. The lowest BCUT2D eigenvalue weighted by molar-refractivity contribution is -0.158. The lowest BCUT2D eigenvalue weighted by atomic mass is 9.93. The van der Waals surface area contributed by atoms with Crippen molar-refractivity contribution < 1.29 is 23.8 Å². The number of likely N-dealkylation sites (tertiary alicyclic amines) is 1. The Morgan fingerprint density at radius 3 is 2.59 bits per heavy atom. The second-order valence-electron chi connectivity index (χ2n) is 11.2. The average molecular weight is 533 g/mol. The van der Waals surface area contributed by atoms with Crippen LogP contribution in [0.1, 0.15) is 55.2 Å². The van der Waals surface area contributed by atoms with Crippen LogP contribution in [0.5, 0.6) is 5.88 Å². The number of nitrogens with one attached hydrogen (secondary N) is 1. The van der Waals surface area contributed by atoms with E-state index in [0.29, 0.717) is 55.1 Å². The van der Waals surface area contributed by atoms with Crippen LogP contribution in [0.3, 0.4) is 0 Å². The molecular weight excluding hydrogens is 500 g/mol. The van der Waals surface area contributed by atoms with E-state index in [-0.39, 0.29) is 35.9 Å². The zero-order valence-electron chi connectivity index (χ0n) is 22.4. The van der Waals surface area contributed by atoms with Crippen LogP contribution in [0.2, 0.25) is 0 Å². The minimum Gasteiger partial charge on any atom is -0.470 e. The maximum absolute atomic E-state index is 12.4. The molecule has 0 unspecified atom stereocenters. The van der Waals surface area contributed by atoms with E-state index < -0.39 is 5.54 Å². The summed E-state index contributed by atoms with van der Waals surface area (Å²) >= 11 is 0. The van der Waals surface area contributed by atoms with Gasteiger partial charge in [-0.05, 0) is 49.9 Å². The van der Waals surface area contributed by atoms with Crippen molar-refractivity contribution in [1.29, 1.82) is 0 Å². The van der Waals surface area contributed by atoms with E-state index >= 15 is 0 Å². The zero-order valence-corrected chi connectivity index (χ0v) is 22.4. The van der Waals surface area contributed by atoms with Crippen molar-refractivity contribution >= 4 is 34.3 Å². The first kappa shape index (κ1) is 25.4. The molecule has 2 fully saturated rings. The molecule has 6 rings (SSSR count). The highest BCUT2D eigenvalue weighted by Crippen LogP contribution is 2.35. The molecule has 2 saturated heterocycles. The Balaban J connectivity index is 1.26. The molecule has 3 aliphatic rings. The molecule has 39 heavy (non-hydrogen) atoms. The van der Waals surface area contributed by atoms with Crippen LogP contribution >= 0.6 is 0 Å². The zero-order chi connectivity index (χ0) is 27.5. The fraction of sp³-hybridized carbons (Fsp3) is 0.464. The number of nitrogens with zero attached hydrogens (tertiary/aromatic N) is 4. The maximum Gasteiger partial charge on any atom is 0.340 e. The second kappa shape index (κ2) is 9.42. The van der Waals surface area contributed by atoms with Gasteiger partial charge in [0.25, 0.3) is 0 Å². The molecule has 204 valence electrons. The number of rotatable bonds is 6. The summed E-state index contributed by atoms with van der Waals surface area (Å²) in [4.78, 5) is 40.4. The molecule has 3 aliphatic heterocycles. The number of hydrogen-bond donors (Lipinski definition) is 2. The molecule has 0 aliphatic carbocycles. The van der Waals surface area contributed by atoms with Crippen LogP contribution in [0, 0.1) is 5.92 Å². The van der Waals surface area contributed by atoms with Crippen LogP contribution in [-0.2, 0) is 19.8 Å². The molecule has 6 heterocycles. The summed E-state index contributed by atoms with van der Waals surface area (Å²) in [6.45, 7) is 9.73. The SMILES string of the molecule is C[C@@H]1OC(=O)c2ccc(Nc3cc4c(C(C)(C)N)cnc(OC5CN(C(=O)C6COC6)C5)c4cn3)nc2[C@H]1C. The van der Waals surface area contributed by atoms with Crippen molar-refractivity contribution in [3.05, 3.63) is 47.4 Å². The highest BCUT2D eigenvalue weighted by Gasteiger charge is 2.39. The molecule has 2 atom stereocenters. The fourth-order valence-corrected chi connectivity index (χ4v) is 5.03. The summed E-state index contributed by atoms with van der Waals surface area (Å²) in [5.41, 5.74) is 7.86. The molecular formula is C28H32N6O5. The number of cyclic esters (lactones) is 1. The van der Waals surface area contributed by atoms with E-state index in [0.717, 1.165) is 16.3 Å². The molecule has 1 amide bonds. The Labute approximate surface area is 226 Å². The molecule has 3 N–H and O–H groups in total. The molecule has 0 spiro atoms. The van der Waals surface area contributed by atoms with Gasteiger partial charge in [0, 0.05) is 23.9 Å². The number of hydrogen-bond acceptors (Lipinski definition) is 10. The monoisotopic (exact) mass is 532 g/mol. The lowest BCUT2D eigenvalue weighted by Gasteiger charge is -2.42. The van der Waals surface area contributed by atoms with E-state index in [1.165, 1.54) is 0 Å². The van der Waals surface area contributed by atoms with Gasteiger partial charge < -0.3 is 30.2 Å². The Morgan fingerprint density at radius 1 is 1.13 bits per heavy atom. The molecule has 0 radical (unpaired) electrons. The summed E-state index contributed by atoms with van der Waals surface area (Å²) in [7, 11) is 0. The topological polar surface area (TPSA) is 142 Å². The number of ether oxygens (including phenoxy) is 3. The molecule has 0 aromatic carbocycles. The van der Waals surface area contributed by atoms with Crippen LogP contribution < -0.4 is 15.8 Å². The van der Waals surface area contributed by atoms with Crippen molar-refractivity contribution in [3.63, 3.8) is 0 Å². The normalized spacial score (nSPS) is 21.6. The van der Waals surface area contributed by atoms with Crippen molar-refractivity contribution in [3.8, 4) is 5.88 Å². The number of anilines is 2. The van der Waals surface area contributed by atoms with Gasteiger partial charge in [0.15, 0.2) is 0 Å². The number of carbonyl (C=O) groups is 2. The van der Waals surface area contributed by atoms with Crippen molar-refractivity contribution in [2.24, 2.45) is 11.7 Å². The summed E-state index contributed by atoms with van der Waals surface area (Å²) in [6.07, 6.45) is 3.06. The third-order valence-corrected chi connectivity index (χ3v) is 7.68. The predicted molar refractivity (Wildman–Crippen MR) is 143 cm³/mol. The van der Waals surface area contributed by atoms with E-state index in [1.807, 2.05) is 33.8 Å². The summed E-state index contributed by atoms with van der Waals surface area (Å²) in [5, 5.41) is 4.85. The third-order valence-electron chi connectivity index (χ3n) is 7.68. The lowest BCUT2D eigenvalue weighted by Crippen LogP contribution is -2.59. The number of esters is 1.